The smallest absolute Gasteiger partial charge is 0.350 e. The Morgan fingerprint density at radius 3 is 2.74 bits per heavy atom. The van der Waals surface area contributed by atoms with Crippen molar-refractivity contribution in [2.45, 2.75) is 37.9 Å². The van der Waals surface area contributed by atoms with Crippen LogP contribution >= 0.6 is 19.2 Å². The number of aryl methyl sites for hydroxylation is 1. The Morgan fingerprint density at radius 1 is 1.24 bits per heavy atom. The van der Waals surface area contributed by atoms with Crippen molar-refractivity contribution in [3.63, 3.8) is 0 Å². The molecule has 5 N–H and O–H groups in total. The molecule has 12 nitrogen and oxygen atoms in total. The molecule has 14 heteroatoms. The zero-order valence-corrected chi connectivity index (χ0v) is 19.8. The molecule has 1 aliphatic heterocycles. The Balaban J connectivity index is 1.50. The number of rotatable bonds is 9. The highest BCUT2D eigenvalue weighted by Crippen LogP contribution is 2.36. The lowest BCUT2D eigenvalue weighted by Crippen LogP contribution is -2.33. The highest BCUT2D eigenvalue weighted by molar-refractivity contribution is 7.51. The maximum absolute atomic E-state index is 11.0. The molecule has 4 rings (SSSR count). The van der Waals surface area contributed by atoms with Crippen LogP contribution in [0, 0.1) is 6.92 Å². The predicted octanol–water partition coefficient (Wildman–Crippen LogP) is 1.21. The van der Waals surface area contributed by atoms with Gasteiger partial charge < -0.3 is 34.8 Å². The number of aliphatic hydroxyl groups excluding tert-OH is 2. The van der Waals surface area contributed by atoms with E-state index in [0.29, 0.717) is 17.9 Å². The van der Waals surface area contributed by atoms with E-state index in [2.05, 4.69) is 26.3 Å². The van der Waals surface area contributed by atoms with Crippen molar-refractivity contribution in [1.29, 1.82) is 0 Å². The Hall–Kier alpha value is -2.15. The molecule has 3 aromatic rings. The fraction of sp³-hybridized carbons (Fsp3) is 0.450. The van der Waals surface area contributed by atoms with Gasteiger partial charge in [0.2, 0.25) is 5.28 Å². The monoisotopic (exact) mass is 513 g/mol. The van der Waals surface area contributed by atoms with Crippen molar-refractivity contribution < 1.29 is 34.0 Å². The molecule has 0 amide bonds. The van der Waals surface area contributed by atoms with E-state index in [4.69, 9.17) is 30.9 Å². The van der Waals surface area contributed by atoms with E-state index >= 15 is 0 Å². The zero-order chi connectivity index (χ0) is 24.5. The van der Waals surface area contributed by atoms with Gasteiger partial charge in [-0.15, -0.1) is 0 Å². The topological polar surface area (TPSA) is 172 Å². The van der Waals surface area contributed by atoms with E-state index in [1.165, 1.54) is 22.0 Å². The fourth-order valence-corrected chi connectivity index (χ4v) is 4.30. The largest absolute Gasteiger partial charge is 0.387 e. The number of ether oxygens (including phenoxy) is 2. The number of anilines is 1. The summed E-state index contributed by atoms with van der Waals surface area (Å²) < 4.78 is 23.0. The van der Waals surface area contributed by atoms with Crippen molar-refractivity contribution in [3.05, 3.63) is 47.0 Å². The van der Waals surface area contributed by atoms with E-state index in [-0.39, 0.29) is 17.5 Å². The van der Waals surface area contributed by atoms with Crippen LogP contribution < -0.4 is 5.32 Å². The summed E-state index contributed by atoms with van der Waals surface area (Å²) in [5, 5.41) is 24.0. The van der Waals surface area contributed by atoms with Gasteiger partial charge in [0.15, 0.2) is 23.2 Å². The molecule has 0 spiro atoms. The summed E-state index contributed by atoms with van der Waals surface area (Å²) in [6, 6.07) is 8.06. The molecule has 2 aromatic heterocycles. The molecule has 1 aromatic carbocycles. The fourth-order valence-electron chi connectivity index (χ4n) is 3.79. The molecule has 1 fully saturated rings. The van der Waals surface area contributed by atoms with E-state index in [9.17, 15) is 14.8 Å². The number of halogens is 1. The average molecular weight is 514 g/mol. The van der Waals surface area contributed by atoms with Gasteiger partial charge in [-0.05, 0) is 36.1 Å². The molecule has 3 heterocycles. The van der Waals surface area contributed by atoms with Crippen LogP contribution in [0.5, 0.6) is 0 Å². The van der Waals surface area contributed by atoms with Gasteiger partial charge in [0, 0.05) is 6.54 Å². The van der Waals surface area contributed by atoms with E-state index in [1.807, 2.05) is 25.1 Å². The molecule has 0 unspecified atom stereocenters. The van der Waals surface area contributed by atoms with Gasteiger partial charge in [0.1, 0.15) is 24.7 Å². The van der Waals surface area contributed by atoms with Crippen LogP contribution in [0.3, 0.4) is 0 Å². The molecule has 0 aliphatic carbocycles. The molecular formula is C20H25ClN5O7P. The lowest BCUT2D eigenvalue weighted by molar-refractivity contribution is -0.0612. The number of imidazole rings is 1. The van der Waals surface area contributed by atoms with Crippen LogP contribution in [0.15, 0.2) is 30.6 Å². The molecule has 184 valence electrons. The molecular weight excluding hydrogens is 489 g/mol. The SMILES string of the molecule is Cc1ccccc1CCNc1nc(Cl)nc2c1ncn2[C@@H]1O[C@H](COCP(=O)(O)O)[C@@H](O)[C@H]1O. The minimum absolute atomic E-state index is 0.0396. The number of aromatic nitrogens is 4. The number of benzene rings is 1. The normalized spacial score (nSPS) is 23.0. The van der Waals surface area contributed by atoms with E-state index in [1.54, 1.807) is 0 Å². The average Bonchev–Trinajstić information content (AvgIpc) is 3.30. The van der Waals surface area contributed by atoms with Gasteiger partial charge in [-0.1, -0.05) is 24.3 Å². The van der Waals surface area contributed by atoms with Crippen molar-refractivity contribution in [1.82, 2.24) is 19.5 Å². The zero-order valence-electron chi connectivity index (χ0n) is 18.2. The molecule has 0 saturated carbocycles. The van der Waals surface area contributed by atoms with Gasteiger partial charge in [-0.2, -0.15) is 9.97 Å². The molecule has 34 heavy (non-hydrogen) atoms. The molecule has 0 radical (unpaired) electrons. The van der Waals surface area contributed by atoms with Gasteiger partial charge in [-0.25, -0.2) is 4.98 Å². The number of hydrogen-bond donors (Lipinski definition) is 5. The maximum Gasteiger partial charge on any atom is 0.350 e. The van der Waals surface area contributed by atoms with Crippen LogP contribution in [0.2, 0.25) is 5.28 Å². The van der Waals surface area contributed by atoms with Crippen molar-refractivity contribution >= 4 is 36.2 Å². The van der Waals surface area contributed by atoms with Crippen LogP contribution in [-0.2, 0) is 20.5 Å². The predicted molar refractivity (Wildman–Crippen MR) is 122 cm³/mol. The number of hydrogen-bond acceptors (Lipinski definition) is 9. The summed E-state index contributed by atoms with van der Waals surface area (Å²) in [4.78, 5) is 30.6. The third-order valence-electron chi connectivity index (χ3n) is 5.50. The summed E-state index contributed by atoms with van der Waals surface area (Å²) in [5.41, 5.74) is 3.07. The number of nitrogens with one attached hydrogen (secondary N) is 1. The second-order valence-corrected chi connectivity index (χ2v) is 9.91. The summed E-state index contributed by atoms with van der Waals surface area (Å²) in [6.45, 7) is 2.29. The first-order chi connectivity index (χ1) is 16.1. The first-order valence-corrected chi connectivity index (χ1v) is 12.6. The lowest BCUT2D eigenvalue weighted by atomic mass is 10.1. The summed E-state index contributed by atoms with van der Waals surface area (Å²) in [7, 11) is -4.37. The maximum atomic E-state index is 11.0. The van der Waals surface area contributed by atoms with E-state index < -0.39 is 38.5 Å². The molecule has 0 bridgehead atoms. The Kier molecular flexibility index (Phi) is 7.51. The summed E-state index contributed by atoms with van der Waals surface area (Å²) >= 11 is 6.14. The minimum atomic E-state index is -4.37. The molecule has 4 atom stereocenters. The highest BCUT2D eigenvalue weighted by Gasteiger charge is 2.44. The van der Waals surface area contributed by atoms with Crippen LogP contribution in [-0.4, -0.2) is 77.3 Å². The minimum Gasteiger partial charge on any atom is -0.387 e. The summed E-state index contributed by atoms with van der Waals surface area (Å²) in [6.07, 6.45) is -3.50. The second-order valence-electron chi connectivity index (χ2n) is 7.98. The standard InChI is InChI=1S/C20H25ClN5O7P/c1-11-4-2-3-5-12(11)6-7-22-17-14-18(25-20(21)24-17)26(9-23-14)19-16(28)15(27)13(33-19)8-32-10-34(29,30)31/h2-5,9,13,15-16,19,27-28H,6-8,10H2,1H3,(H,22,24,25)(H2,29,30,31)/t13-,15-,16-,19-/m1/s1. The summed E-state index contributed by atoms with van der Waals surface area (Å²) in [5.74, 6) is 0.414. The van der Waals surface area contributed by atoms with E-state index in [0.717, 1.165) is 6.42 Å². The van der Waals surface area contributed by atoms with Crippen molar-refractivity contribution in [3.8, 4) is 0 Å². The Morgan fingerprint density at radius 2 is 2.00 bits per heavy atom. The molecule has 1 saturated heterocycles. The van der Waals surface area contributed by atoms with Gasteiger partial charge in [0.25, 0.3) is 0 Å². The van der Waals surface area contributed by atoms with Crippen LogP contribution in [0.25, 0.3) is 11.2 Å². The number of aliphatic hydroxyl groups is 2. The third-order valence-corrected chi connectivity index (χ3v) is 6.18. The Labute approximate surface area is 199 Å². The van der Waals surface area contributed by atoms with Crippen molar-refractivity contribution in [2.75, 3.05) is 24.8 Å². The third kappa shape index (κ3) is 5.56. The second kappa shape index (κ2) is 10.2. The number of nitrogens with zero attached hydrogens (tertiary/aromatic N) is 4. The lowest BCUT2D eigenvalue weighted by Gasteiger charge is -2.17. The van der Waals surface area contributed by atoms with Gasteiger partial charge in [0.05, 0.1) is 12.9 Å². The van der Waals surface area contributed by atoms with Crippen molar-refractivity contribution in [2.24, 2.45) is 0 Å². The van der Waals surface area contributed by atoms with Gasteiger partial charge in [-0.3, -0.25) is 9.13 Å². The quantitative estimate of drug-likeness (QED) is 0.206. The first-order valence-electron chi connectivity index (χ1n) is 10.5. The molecule has 1 aliphatic rings. The number of fused-ring (bicyclic) bond motifs is 1. The van der Waals surface area contributed by atoms with Crippen LogP contribution in [0.4, 0.5) is 5.82 Å². The first kappa shape index (κ1) is 25.0. The Bertz CT molecular complexity index is 1210. The van der Waals surface area contributed by atoms with Crippen LogP contribution in [0.1, 0.15) is 17.4 Å². The highest BCUT2D eigenvalue weighted by atomic mass is 35.5. The van der Waals surface area contributed by atoms with Gasteiger partial charge >= 0.3 is 7.60 Å².